The fraction of sp³-hybridized carbons (Fsp3) is 0.818. The molecule has 1 aliphatic heterocycles. The fourth-order valence-corrected chi connectivity index (χ4v) is 1.92. The Morgan fingerprint density at radius 1 is 1.56 bits per heavy atom. The van der Waals surface area contributed by atoms with Crippen LogP contribution < -0.4 is 0 Å². The number of rotatable bonds is 5. The zero-order chi connectivity index (χ0) is 12.1. The zero-order valence-corrected chi connectivity index (χ0v) is 9.98. The summed E-state index contributed by atoms with van der Waals surface area (Å²) in [5.74, 6) is -0.681. The maximum absolute atomic E-state index is 11.7. The lowest BCUT2D eigenvalue weighted by Gasteiger charge is -2.31. The van der Waals surface area contributed by atoms with Crippen molar-refractivity contribution in [2.75, 3.05) is 33.7 Å². The van der Waals surface area contributed by atoms with Crippen molar-refractivity contribution >= 4 is 11.9 Å². The molecule has 1 saturated heterocycles. The van der Waals surface area contributed by atoms with Gasteiger partial charge in [0, 0.05) is 32.5 Å². The van der Waals surface area contributed by atoms with Gasteiger partial charge < -0.3 is 14.9 Å². The van der Waals surface area contributed by atoms with Crippen molar-refractivity contribution in [3.8, 4) is 0 Å². The van der Waals surface area contributed by atoms with Crippen molar-refractivity contribution in [2.45, 2.75) is 19.3 Å². The minimum absolute atomic E-state index is 0.0283. The van der Waals surface area contributed by atoms with E-state index in [2.05, 4.69) is 0 Å². The molecule has 5 nitrogen and oxygen atoms in total. The van der Waals surface area contributed by atoms with E-state index < -0.39 is 5.97 Å². The van der Waals surface area contributed by atoms with E-state index in [1.165, 1.54) is 0 Å². The molecule has 1 unspecified atom stereocenters. The molecule has 0 spiro atoms. The van der Waals surface area contributed by atoms with Crippen LogP contribution in [0, 0.1) is 5.92 Å². The van der Waals surface area contributed by atoms with E-state index in [0.29, 0.717) is 13.0 Å². The Bertz CT molecular complexity index is 266. The van der Waals surface area contributed by atoms with E-state index in [9.17, 15) is 9.59 Å². The van der Waals surface area contributed by atoms with E-state index in [1.807, 2.05) is 23.9 Å². The number of carboxylic acids is 1. The molecule has 5 heteroatoms. The minimum Gasteiger partial charge on any atom is -0.481 e. The van der Waals surface area contributed by atoms with Crippen molar-refractivity contribution in [3.05, 3.63) is 0 Å². The summed E-state index contributed by atoms with van der Waals surface area (Å²) in [6, 6.07) is 0. The number of hydrogen-bond acceptors (Lipinski definition) is 3. The highest BCUT2D eigenvalue weighted by molar-refractivity contribution is 5.78. The van der Waals surface area contributed by atoms with Gasteiger partial charge in [0.2, 0.25) is 5.91 Å². The number of carbonyl (C=O) groups excluding carboxylic acids is 1. The van der Waals surface area contributed by atoms with Crippen LogP contribution in [0.5, 0.6) is 0 Å². The van der Waals surface area contributed by atoms with Crippen LogP contribution in [0.15, 0.2) is 0 Å². The van der Waals surface area contributed by atoms with Crippen LogP contribution in [0.1, 0.15) is 19.3 Å². The number of carboxylic acid groups (broad SMARTS) is 1. The second-order valence-electron chi connectivity index (χ2n) is 4.64. The third kappa shape index (κ3) is 4.18. The molecule has 1 fully saturated rings. The molecule has 0 bridgehead atoms. The largest absolute Gasteiger partial charge is 0.481 e. The molecule has 16 heavy (non-hydrogen) atoms. The van der Waals surface area contributed by atoms with E-state index in [-0.39, 0.29) is 18.2 Å². The van der Waals surface area contributed by atoms with Crippen LogP contribution in [0.25, 0.3) is 0 Å². The number of aliphatic carboxylic acids is 1. The molecular weight excluding hydrogens is 208 g/mol. The summed E-state index contributed by atoms with van der Waals surface area (Å²) < 4.78 is 0. The third-order valence-corrected chi connectivity index (χ3v) is 2.90. The molecule has 0 aromatic heterocycles. The second kappa shape index (κ2) is 5.84. The summed E-state index contributed by atoms with van der Waals surface area (Å²) in [7, 11) is 3.95. The fourth-order valence-electron chi connectivity index (χ4n) is 1.92. The van der Waals surface area contributed by atoms with Crippen LogP contribution in [-0.4, -0.2) is 60.5 Å². The third-order valence-electron chi connectivity index (χ3n) is 2.90. The van der Waals surface area contributed by atoms with Crippen molar-refractivity contribution in [1.29, 1.82) is 0 Å². The molecule has 1 atom stereocenters. The van der Waals surface area contributed by atoms with Crippen LogP contribution >= 0.6 is 0 Å². The average Bonchev–Trinajstić information content (AvgIpc) is 2.15. The van der Waals surface area contributed by atoms with Crippen molar-refractivity contribution in [2.24, 2.45) is 5.92 Å². The Hall–Kier alpha value is -1.10. The summed E-state index contributed by atoms with van der Waals surface area (Å²) in [4.78, 5) is 26.1. The number of hydrogen-bond donors (Lipinski definition) is 1. The lowest BCUT2D eigenvalue weighted by molar-refractivity contribution is -0.140. The minimum atomic E-state index is -0.806. The van der Waals surface area contributed by atoms with Gasteiger partial charge in [0.15, 0.2) is 0 Å². The molecule has 0 aromatic rings. The molecule has 1 amide bonds. The lowest BCUT2D eigenvalue weighted by Crippen LogP contribution is -2.42. The highest BCUT2D eigenvalue weighted by Gasteiger charge is 2.26. The van der Waals surface area contributed by atoms with Crippen LogP contribution in [0.2, 0.25) is 0 Å². The highest BCUT2D eigenvalue weighted by atomic mass is 16.4. The first-order valence-electron chi connectivity index (χ1n) is 5.63. The SMILES string of the molecule is CN(C)CCN1CCC(CC(=O)O)CC1=O. The second-order valence-corrected chi connectivity index (χ2v) is 4.64. The number of nitrogens with zero attached hydrogens (tertiary/aromatic N) is 2. The van der Waals surface area contributed by atoms with Gasteiger partial charge in [0.1, 0.15) is 0 Å². The van der Waals surface area contributed by atoms with E-state index in [1.54, 1.807) is 0 Å². The van der Waals surface area contributed by atoms with Gasteiger partial charge in [-0.2, -0.15) is 0 Å². The number of likely N-dealkylation sites (N-methyl/N-ethyl adjacent to an activating group) is 1. The van der Waals surface area contributed by atoms with Crippen LogP contribution in [-0.2, 0) is 9.59 Å². The Morgan fingerprint density at radius 2 is 2.25 bits per heavy atom. The average molecular weight is 228 g/mol. The Balaban J connectivity index is 2.34. The molecular formula is C11H20N2O3. The molecule has 1 heterocycles. The topological polar surface area (TPSA) is 60.9 Å². The first kappa shape index (κ1) is 13.0. The van der Waals surface area contributed by atoms with Gasteiger partial charge in [0.25, 0.3) is 0 Å². The van der Waals surface area contributed by atoms with Gasteiger partial charge in [-0.25, -0.2) is 0 Å². The zero-order valence-electron chi connectivity index (χ0n) is 9.98. The van der Waals surface area contributed by atoms with E-state index >= 15 is 0 Å². The van der Waals surface area contributed by atoms with Crippen molar-refractivity contribution in [1.82, 2.24) is 9.80 Å². The number of carbonyl (C=O) groups is 2. The predicted octanol–water partition coefficient (Wildman–Crippen LogP) is 0.261. The van der Waals surface area contributed by atoms with Gasteiger partial charge in [-0.1, -0.05) is 0 Å². The van der Waals surface area contributed by atoms with Gasteiger partial charge in [0.05, 0.1) is 0 Å². The maximum atomic E-state index is 11.7. The summed E-state index contributed by atoms with van der Waals surface area (Å²) in [5.41, 5.74) is 0. The van der Waals surface area contributed by atoms with E-state index in [0.717, 1.165) is 19.5 Å². The number of piperidine rings is 1. The summed E-state index contributed by atoms with van der Waals surface area (Å²) in [5, 5.41) is 8.66. The van der Waals surface area contributed by atoms with E-state index in [4.69, 9.17) is 5.11 Å². The molecule has 0 aromatic carbocycles. The molecule has 1 N–H and O–H groups in total. The Morgan fingerprint density at radius 3 is 2.75 bits per heavy atom. The maximum Gasteiger partial charge on any atom is 0.303 e. The molecule has 92 valence electrons. The van der Waals surface area contributed by atoms with Crippen molar-refractivity contribution < 1.29 is 14.7 Å². The van der Waals surface area contributed by atoms with Gasteiger partial charge >= 0.3 is 5.97 Å². The van der Waals surface area contributed by atoms with Gasteiger partial charge in [-0.05, 0) is 26.4 Å². The highest BCUT2D eigenvalue weighted by Crippen LogP contribution is 2.21. The first-order valence-corrected chi connectivity index (χ1v) is 5.63. The molecule has 1 rings (SSSR count). The molecule has 0 radical (unpaired) electrons. The summed E-state index contributed by atoms with van der Waals surface area (Å²) in [6.07, 6.45) is 1.32. The Labute approximate surface area is 96.0 Å². The molecule has 0 saturated carbocycles. The smallest absolute Gasteiger partial charge is 0.303 e. The standard InChI is InChI=1S/C11H20N2O3/c1-12(2)5-6-13-4-3-9(7-10(13)14)8-11(15)16/h9H,3-8H2,1-2H3,(H,15,16). The Kier molecular flexibility index (Phi) is 4.73. The number of likely N-dealkylation sites (tertiary alicyclic amines) is 1. The molecule has 0 aliphatic carbocycles. The van der Waals surface area contributed by atoms with Gasteiger partial charge in [-0.15, -0.1) is 0 Å². The van der Waals surface area contributed by atoms with Crippen LogP contribution in [0.4, 0.5) is 0 Å². The monoisotopic (exact) mass is 228 g/mol. The summed E-state index contributed by atoms with van der Waals surface area (Å²) in [6.45, 7) is 2.30. The predicted molar refractivity (Wildman–Crippen MR) is 60.1 cm³/mol. The van der Waals surface area contributed by atoms with Crippen LogP contribution in [0.3, 0.4) is 0 Å². The van der Waals surface area contributed by atoms with Crippen molar-refractivity contribution in [3.63, 3.8) is 0 Å². The lowest BCUT2D eigenvalue weighted by atomic mass is 9.93. The van der Waals surface area contributed by atoms with Gasteiger partial charge in [-0.3, -0.25) is 9.59 Å². The molecule has 1 aliphatic rings. The quantitative estimate of drug-likeness (QED) is 0.733. The normalized spacial score (nSPS) is 21.6. The first-order chi connectivity index (χ1) is 7.49. The number of amides is 1. The summed E-state index contributed by atoms with van der Waals surface area (Å²) >= 11 is 0.